The number of nitrogens with one attached hydrogen (secondary N) is 1. The van der Waals surface area contributed by atoms with Gasteiger partial charge in [0.25, 0.3) is 5.69 Å². The minimum absolute atomic E-state index is 0.0471. The van der Waals surface area contributed by atoms with Crippen LogP contribution in [0.3, 0.4) is 0 Å². The highest BCUT2D eigenvalue weighted by Gasteiger charge is 2.15. The first-order valence-corrected chi connectivity index (χ1v) is 9.94. The fourth-order valence-corrected chi connectivity index (χ4v) is 3.76. The molecular formula is C17H12N4O7S2. The van der Waals surface area contributed by atoms with E-state index in [0.29, 0.717) is 15.2 Å². The second-order valence-corrected chi connectivity index (χ2v) is 7.81. The molecule has 0 aliphatic rings. The van der Waals surface area contributed by atoms with Crippen LogP contribution in [0.2, 0.25) is 0 Å². The summed E-state index contributed by atoms with van der Waals surface area (Å²) in [6.45, 7) is 1.36. The van der Waals surface area contributed by atoms with Gasteiger partial charge < -0.3 is 14.5 Å². The molecule has 0 unspecified atom stereocenters. The number of hydrogen-bond acceptors (Lipinski definition) is 11. The molecule has 0 spiro atoms. The number of amides is 1. The molecule has 11 nitrogen and oxygen atoms in total. The number of non-ortho nitro benzene ring substituents is 1. The van der Waals surface area contributed by atoms with E-state index >= 15 is 0 Å². The number of benzene rings is 1. The second-order valence-electron chi connectivity index (χ2n) is 5.61. The van der Waals surface area contributed by atoms with Gasteiger partial charge in [-0.1, -0.05) is 23.1 Å². The third-order valence-corrected chi connectivity index (χ3v) is 5.39. The van der Waals surface area contributed by atoms with Crippen molar-refractivity contribution in [1.29, 1.82) is 0 Å². The molecule has 1 N–H and O–H groups in total. The summed E-state index contributed by atoms with van der Waals surface area (Å²) in [5, 5.41) is 21.2. The molecular weight excluding hydrogens is 436 g/mol. The van der Waals surface area contributed by atoms with Crippen molar-refractivity contribution < 1.29 is 23.7 Å². The van der Waals surface area contributed by atoms with Gasteiger partial charge in [0.1, 0.15) is 12.0 Å². The van der Waals surface area contributed by atoms with Gasteiger partial charge in [-0.25, -0.2) is 4.79 Å². The molecule has 1 amide bonds. The lowest BCUT2D eigenvalue weighted by molar-refractivity contribution is -0.384. The summed E-state index contributed by atoms with van der Waals surface area (Å²) in [5.41, 5.74) is -0.693. The zero-order valence-corrected chi connectivity index (χ0v) is 16.8. The first-order chi connectivity index (χ1) is 14.3. The Balaban J connectivity index is 1.61. The normalized spacial score (nSPS) is 10.4. The van der Waals surface area contributed by atoms with Crippen LogP contribution in [0.5, 0.6) is 5.75 Å². The quantitative estimate of drug-likeness (QED) is 0.187. The summed E-state index contributed by atoms with van der Waals surface area (Å²) in [6, 6.07) is 5.95. The maximum atomic E-state index is 12.2. The predicted octanol–water partition coefficient (Wildman–Crippen LogP) is 2.87. The van der Waals surface area contributed by atoms with Crippen molar-refractivity contribution in [2.75, 3.05) is 5.32 Å². The summed E-state index contributed by atoms with van der Waals surface area (Å²) in [6.07, 6.45) is 1.02. The summed E-state index contributed by atoms with van der Waals surface area (Å²) in [5.74, 6) is -0.834. The van der Waals surface area contributed by atoms with E-state index in [1.165, 1.54) is 48.2 Å². The van der Waals surface area contributed by atoms with Crippen LogP contribution in [-0.4, -0.2) is 27.0 Å². The second kappa shape index (κ2) is 9.28. The zero-order chi connectivity index (χ0) is 21.7. The smallest absolute Gasteiger partial charge is 0.343 e. The molecule has 0 saturated heterocycles. The molecule has 0 saturated carbocycles. The Bertz CT molecular complexity index is 1160. The number of nitrogens with zero attached hydrogens (tertiary/aromatic N) is 3. The molecule has 3 rings (SSSR count). The standard InChI is InChI=1S/C17H12N4O7S2/c1-9(22)18-16-19-20-17(30-16)29-8-12-6-13(23)14(7-27-12)28-15(24)10-2-4-11(5-3-10)21(25)26/h2-7H,8H2,1H3,(H,18,19,22). The molecule has 0 aliphatic heterocycles. The molecule has 2 aromatic heterocycles. The maximum absolute atomic E-state index is 12.2. The first kappa shape index (κ1) is 21.1. The number of thioether (sulfide) groups is 1. The molecule has 0 atom stereocenters. The number of rotatable bonds is 7. The lowest BCUT2D eigenvalue weighted by atomic mass is 10.2. The molecule has 1 aromatic carbocycles. The van der Waals surface area contributed by atoms with Gasteiger partial charge in [0, 0.05) is 25.1 Å². The molecule has 0 fully saturated rings. The number of anilines is 1. The number of carbonyl (C=O) groups excluding carboxylic acids is 2. The molecule has 30 heavy (non-hydrogen) atoms. The summed E-state index contributed by atoms with van der Waals surface area (Å²) < 4.78 is 10.9. The lowest BCUT2D eigenvalue weighted by Gasteiger charge is -2.04. The van der Waals surface area contributed by atoms with Crippen molar-refractivity contribution in [1.82, 2.24) is 10.2 Å². The van der Waals surface area contributed by atoms with E-state index < -0.39 is 16.3 Å². The highest BCUT2D eigenvalue weighted by atomic mass is 32.2. The van der Waals surface area contributed by atoms with Crippen molar-refractivity contribution >= 4 is 45.8 Å². The van der Waals surface area contributed by atoms with E-state index in [4.69, 9.17) is 9.15 Å². The van der Waals surface area contributed by atoms with E-state index in [2.05, 4.69) is 15.5 Å². The number of nitro groups is 1. The molecule has 154 valence electrons. The van der Waals surface area contributed by atoms with Gasteiger partial charge in [0.05, 0.1) is 16.2 Å². The van der Waals surface area contributed by atoms with E-state index in [9.17, 15) is 24.5 Å². The Hall–Kier alpha value is -3.58. The molecule has 13 heteroatoms. The third kappa shape index (κ3) is 5.48. The minimum Gasteiger partial charge on any atom is -0.464 e. The highest BCUT2D eigenvalue weighted by Crippen LogP contribution is 2.28. The Labute approximate surface area is 176 Å². The summed E-state index contributed by atoms with van der Waals surface area (Å²) in [7, 11) is 0. The van der Waals surface area contributed by atoms with Gasteiger partial charge in [0.15, 0.2) is 4.34 Å². The topological polar surface area (TPSA) is 155 Å². The summed E-state index contributed by atoms with van der Waals surface area (Å²) >= 11 is 2.42. The van der Waals surface area contributed by atoms with Crippen LogP contribution < -0.4 is 15.5 Å². The SMILES string of the molecule is CC(=O)Nc1nnc(SCc2cc(=O)c(OC(=O)c3ccc([N+](=O)[O-])cc3)co2)s1. The monoisotopic (exact) mass is 448 g/mol. The Morgan fingerprint density at radius 3 is 2.67 bits per heavy atom. The van der Waals surface area contributed by atoms with Crippen LogP contribution in [-0.2, 0) is 10.5 Å². The van der Waals surface area contributed by atoms with Gasteiger partial charge in [-0.15, -0.1) is 10.2 Å². The number of hydrogen-bond donors (Lipinski definition) is 1. The first-order valence-electron chi connectivity index (χ1n) is 8.14. The van der Waals surface area contributed by atoms with Crippen LogP contribution in [0, 0.1) is 10.1 Å². The van der Waals surface area contributed by atoms with Crippen molar-refractivity contribution in [3.05, 3.63) is 68.3 Å². The van der Waals surface area contributed by atoms with E-state index in [1.807, 2.05) is 0 Å². The number of carbonyl (C=O) groups is 2. The number of aromatic nitrogens is 2. The van der Waals surface area contributed by atoms with Crippen LogP contribution in [0.1, 0.15) is 23.0 Å². The van der Waals surface area contributed by atoms with Gasteiger partial charge in [-0.3, -0.25) is 19.7 Å². The van der Waals surface area contributed by atoms with Gasteiger partial charge in [-0.05, 0) is 12.1 Å². The number of nitro benzene ring substituents is 1. The maximum Gasteiger partial charge on any atom is 0.343 e. The Morgan fingerprint density at radius 2 is 2.03 bits per heavy atom. The van der Waals surface area contributed by atoms with Crippen LogP contribution in [0.4, 0.5) is 10.8 Å². The fourth-order valence-electron chi connectivity index (χ4n) is 2.07. The van der Waals surface area contributed by atoms with Crippen molar-refractivity contribution in [2.24, 2.45) is 0 Å². The third-order valence-electron chi connectivity index (χ3n) is 3.40. The largest absolute Gasteiger partial charge is 0.464 e. The molecule has 0 radical (unpaired) electrons. The molecule has 0 bridgehead atoms. The van der Waals surface area contributed by atoms with Crippen LogP contribution >= 0.6 is 23.1 Å². The average Bonchev–Trinajstić information content (AvgIpc) is 3.14. The van der Waals surface area contributed by atoms with Gasteiger partial charge in [-0.2, -0.15) is 0 Å². The molecule has 0 aliphatic carbocycles. The number of esters is 1. The Kier molecular flexibility index (Phi) is 6.54. The fraction of sp³-hybridized carbons (Fsp3) is 0.118. The highest BCUT2D eigenvalue weighted by molar-refractivity contribution is 8.00. The van der Waals surface area contributed by atoms with Crippen LogP contribution in [0.15, 0.2) is 50.1 Å². The lowest BCUT2D eigenvalue weighted by Crippen LogP contribution is -2.14. The van der Waals surface area contributed by atoms with Crippen molar-refractivity contribution in [3.8, 4) is 5.75 Å². The summed E-state index contributed by atoms with van der Waals surface area (Å²) in [4.78, 5) is 45.3. The van der Waals surface area contributed by atoms with Crippen molar-refractivity contribution in [3.63, 3.8) is 0 Å². The molecule has 3 aromatic rings. The van der Waals surface area contributed by atoms with E-state index in [-0.39, 0.29) is 28.7 Å². The molecule has 2 heterocycles. The number of ether oxygens (including phenoxy) is 1. The zero-order valence-electron chi connectivity index (χ0n) is 15.2. The van der Waals surface area contributed by atoms with Crippen LogP contribution in [0.25, 0.3) is 0 Å². The van der Waals surface area contributed by atoms with Gasteiger partial charge in [0.2, 0.25) is 22.2 Å². The van der Waals surface area contributed by atoms with Crippen molar-refractivity contribution in [2.45, 2.75) is 17.0 Å². The predicted molar refractivity (Wildman–Crippen MR) is 107 cm³/mol. The average molecular weight is 448 g/mol. The van der Waals surface area contributed by atoms with E-state index in [1.54, 1.807) is 0 Å². The minimum atomic E-state index is -0.848. The van der Waals surface area contributed by atoms with Gasteiger partial charge >= 0.3 is 5.97 Å². The van der Waals surface area contributed by atoms with E-state index in [0.717, 1.165) is 18.4 Å². The Morgan fingerprint density at radius 1 is 1.30 bits per heavy atom.